The molecule has 4 fully saturated rings. The number of anilines is 3. The van der Waals surface area contributed by atoms with Crippen LogP contribution in [0.1, 0.15) is 89.7 Å². The summed E-state index contributed by atoms with van der Waals surface area (Å²) in [5.74, 6) is 2.59. The molecule has 1 aliphatic carbocycles. The standard InChI is InChI=1S/C32H29F3N2O3.C25H23F3N2O3.C16H17ClN2O2.C12H9Cl2NO.C7H8O.C5H2Cl2N2O2.C4H9NO.C2H6O.CH3.Pd/c1-22-10-11-25(30(38)17-24-8-5-9-26(16-24)32(33,34)35)18-28(22)29-19-27(40-21-23-6-3-2-4-7-23)20-31(36-29)37-12-14-39-15-13-37;1-16-5-6-20(29-24(32)17-3-2-4-19(11-17)25(26,27)28)14-23(16)18-12-21(15-22(31)13-18)30-7-9-33-10-8-30;17-15-10-14(21-12-13-4-2-1-3-5-13)11-16(18-15)19-6-8-20-9-7-19;13-11-6-10(7-12(14)15-11)16-8-9-4-2-1-3-5-9;8-6-7-4-2-1-3-5-7;6-4-1-3(9(10)11)2-5(7)8-4;1-3-6-4-2-5-1;1-2-3;;/h2-11,16,18-20H,12-15,17,21H2,1H3;2-6,11,13-15H,7-10,12H2,1H3,(H,29,32);1-5,10-11H,6-9,12H2;1-7H,8H2;1-5,8H,6H2;1-2H;5H,1-4H2;3H,2H2,1H3;1H3;/q;;;;;;;;-1;. The zero-order valence-electron chi connectivity index (χ0n) is 77.0. The molecule has 0 spiro atoms. The molecule has 0 unspecified atom stereocenters. The topological polar surface area (TPSA) is 285 Å². The largest absolute Gasteiger partial charge is 0.489 e. The van der Waals surface area contributed by atoms with Crippen LogP contribution in [-0.4, -0.2) is 169 Å². The number of aliphatic hydroxyl groups excluding tert-OH is 2. The smallest absolute Gasteiger partial charge is 0.416 e. The number of alkyl halides is 6. The van der Waals surface area contributed by atoms with E-state index in [1.165, 1.54) is 24.3 Å². The monoisotopic (exact) mass is 2110 g/mol. The van der Waals surface area contributed by atoms with Crippen molar-refractivity contribution in [2.24, 2.45) is 0 Å². The first-order valence-electron chi connectivity index (χ1n) is 43.8. The molecule has 5 aliphatic rings. The Labute approximate surface area is 848 Å². The molecule has 0 bridgehead atoms. The molecule has 140 heavy (non-hydrogen) atoms. The number of pyridine rings is 4. The molecule has 4 saturated heterocycles. The molecule has 4 N–H and O–H groups in total. The van der Waals surface area contributed by atoms with E-state index in [1.807, 2.05) is 166 Å². The van der Waals surface area contributed by atoms with Crippen molar-refractivity contribution in [3.8, 4) is 28.5 Å². The van der Waals surface area contributed by atoms with Gasteiger partial charge in [-0.1, -0.05) is 222 Å². The van der Waals surface area contributed by atoms with Crippen molar-refractivity contribution in [2.45, 2.75) is 72.4 Å². The second kappa shape index (κ2) is 59.1. The van der Waals surface area contributed by atoms with Crippen molar-refractivity contribution >= 4 is 104 Å². The summed E-state index contributed by atoms with van der Waals surface area (Å²) < 4.78 is 117. The molecule has 4 aromatic heterocycles. The number of ketones is 2. The summed E-state index contributed by atoms with van der Waals surface area (Å²) in [6.45, 7) is 19.5. The normalized spacial score (nSPS) is 13.7. The van der Waals surface area contributed by atoms with E-state index < -0.39 is 34.3 Å². The van der Waals surface area contributed by atoms with Crippen LogP contribution in [0.5, 0.6) is 17.2 Å². The summed E-state index contributed by atoms with van der Waals surface area (Å²) in [5, 5.41) is 33.2. The Morgan fingerprint density at radius 2 is 0.886 bits per heavy atom. The second-order valence-electron chi connectivity index (χ2n) is 30.9. The van der Waals surface area contributed by atoms with Crippen LogP contribution in [0.15, 0.2) is 273 Å². The fraction of sp³-hybridized carbons (Fsp3) is 0.269. The van der Waals surface area contributed by atoms with Crippen LogP contribution in [0.4, 0.5) is 49.4 Å². The number of nitrogens with zero attached hydrogens (tertiary/aromatic N) is 8. The number of hydrogen-bond donors (Lipinski definition) is 4. The van der Waals surface area contributed by atoms with Gasteiger partial charge >= 0.3 is 12.4 Å². The van der Waals surface area contributed by atoms with Crippen molar-refractivity contribution in [3.63, 3.8) is 0 Å². The van der Waals surface area contributed by atoms with Crippen molar-refractivity contribution in [1.82, 2.24) is 30.2 Å². The molecule has 17 rings (SSSR count). The van der Waals surface area contributed by atoms with Gasteiger partial charge in [-0.25, -0.2) is 19.9 Å². The van der Waals surface area contributed by atoms with Crippen LogP contribution in [0.2, 0.25) is 25.8 Å². The SMILES string of the molecule is C1COCCN1.CCO.Cc1ccc(C(=O)Cc2cccc(C(F)(F)F)c2)cc1-c1cc(OCc2ccccc2)cc(N2CCOCC2)n1.Cc1ccc(NC(=O)c2cccc(C(F)(F)F)c2)cc1C1=CC(=O)C=C(N2CCOCC2)C1.Clc1cc(OCc2ccccc2)cc(Cl)n1.Clc1cc(OCc2ccccc2)cc(N2CCOCC2)n1.O=[N+]([O-])c1cc(Cl)nc(Cl)c1.OCc1ccccc1.[CH3-].[Pd]. The van der Waals surface area contributed by atoms with Crippen molar-refractivity contribution in [3.05, 3.63) is 383 Å². The Morgan fingerprint density at radius 1 is 0.471 bits per heavy atom. The van der Waals surface area contributed by atoms with Gasteiger partial charge in [-0.2, -0.15) is 26.3 Å². The van der Waals surface area contributed by atoms with Gasteiger partial charge in [0, 0.05) is 163 Å². The number of nitrogens with one attached hydrogen (secondary N) is 2. The van der Waals surface area contributed by atoms with Gasteiger partial charge in [-0.15, -0.1) is 0 Å². The number of benzene rings is 8. The third-order valence-electron chi connectivity index (χ3n) is 20.7. The first kappa shape index (κ1) is 114. The molecule has 12 aromatic rings. The Balaban J connectivity index is 0.000000214. The Bertz CT molecular complexity index is 5930. The summed E-state index contributed by atoms with van der Waals surface area (Å²) in [7, 11) is 0. The number of rotatable bonds is 21. The number of halogens is 11. The van der Waals surface area contributed by atoms with E-state index in [4.69, 9.17) is 106 Å². The van der Waals surface area contributed by atoms with E-state index in [-0.39, 0.29) is 80.6 Å². The number of morpholine rings is 4. The predicted octanol–water partition coefficient (Wildman–Crippen LogP) is 22.4. The van der Waals surface area contributed by atoms with Gasteiger partial charge in [0.2, 0.25) is 0 Å². The average Bonchev–Trinajstić information content (AvgIpc) is 0.715. The summed E-state index contributed by atoms with van der Waals surface area (Å²) in [6, 6.07) is 72.0. The number of aromatic nitrogens is 4. The number of carbonyl (C=O) groups is 3. The molecule has 8 heterocycles. The summed E-state index contributed by atoms with van der Waals surface area (Å²) >= 11 is 28.4. The van der Waals surface area contributed by atoms with Gasteiger partial charge < -0.3 is 76.1 Å². The van der Waals surface area contributed by atoms with Crippen LogP contribution in [-0.2, 0) is 89.4 Å². The number of amides is 1. The number of aliphatic hydroxyl groups is 2. The van der Waals surface area contributed by atoms with Crippen molar-refractivity contribution in [1.29, 1.82) is 0 Å². The summed E-state index contributed by atoms with van der Waals surface area (Å²) in [5.41, 5.74) is 9.29. The van der Waals surface area contributed by atoms with Crippen LogP contribution >= 0.6 is 58.0 Å². The van der Waals surface area contributed by atoms with E-state index in [9.17, 15) is 50.8 Å². The number of aryl methyl sites for hydroxylation is 2. The minimum Gasteiger partial charge on any atom is -0.489 e. The maximum atomic E-state index is 13.2. The zero-order chi connectivity index (χ0) is 98.8. The molecule has 24 nitrogen and oxygen atoms in total. The average molecular weight is 2120 g/mol. The first-order chi connectivity index (χ1) is 66.4. The molecule has 36 heteroatoms. The Morgan fingerprint density at radius 3 is 1.34 bits per heavy atom. The predicted molar refractivity (Wildman–Crippen MR) is 531 cm³/mol. The third-order valence-corrected chi connectivity index (χ3v) is 21.7. The van der Waals surface area contributed by atoms with E-state index in [2.05, 4.69) is 40.3 Å². The number of allylic oxidation sites excluding steroid dienone is 3. The number of ether oxygens (including phenoxy) is 7. The molecule has 0 saturated carbocycles. The molecular formula is C104H106Cl5F6N10O14Pd-. The number of carbonyl (C=O) groups excluding carboxylic acids is 3. The van der Waals surface area contributed by atoms with E-state index in [1.54, 1.807) is 61.5 Å². The maximum Gasteiger partial charge on any atom is 0.416 e. The molecule has 4 aliphatic heterocycles. The van der Waals surface area contributed by atoms with Crippen LogP contribution in [0.3, 0.4) is 0 Å². The van der Waals surface area contributed by atoms with Gasteiger partial charge in [0.1, 0.15) is 74.5 Å². The van der Waals surface area contributed by atoms with Crippen molar-refractivity contribution < 1.29 is 109 Å². The fourth-order valence-electron chi connectivity index (χ4n) is 13.8. The number of hydrogen-bond acceptors (Lipinski definition) is 22. The molecule has 0 atom stereocenters. The minimum absolute atomic E-state index is 0. The fourth-order valence-corrected chi connectivity index (χ4v) is 14.9. The van der Waals surface area contributed by atoms with Gasteiger partial charge in [-0.3, -0.25) is 24.5 Å². The van der Waals surface area contributed by atoms with Crippen LogP contribution in [0, 0.1) is 31.4 Å². The van der Waals surface area contributed by atoms with E-state index in [0.717, 1.165) is 162 Å². The van der Waals surface area contributed by atoms with Gasteiger partial charge in [-0.05, 0) is 119 Å². The number of Topliss-reactive ketones (excluding diaryl/α,β-unsaturated/α-hetero) is 1. The van der Waals surface area contributed by atoms with E-state index >= 15 is 0 Å². The van der Waals surface area contributed by atoms with Crippen LogP contribution < -0.4 is 34.6 Å². The molecule has 8 aromatic carbocycles. The zero-order valence-corrected chi connectivity index (χ0v) is 82.3. The van der Waals surface area contributed by atoms with Gasteiger partial charge in [0.05, 0.1) is 93.3 Å². The molecular weight excluding hydrogens is 2010 g/mol. The number of nitro groups is 1. The third kappa shape index (κ3) is 39.0. The molecule has 0 radical (unpaired) electrons. The van der Waals surface area contributed by atoms with Crippen LogP contribution in [0.25, 0.3) is 16.8 Å². The maximum absolute atomic E-state index is 13.2. The Hall–Kier alpha value is -11.7. The van der Waals surface area contributed by atoms with Gasteiger partial charge in [0.15, 0.2) is 11.6 Å². The first-order valence-corrected chi connectivity index (χ1v) is 45.7. The van der Waals surface area contributed by atoms with Gasteiger partial charge in [0.25, 0.3) is 11.6 Å². The molecule has 744 valence electrons. The second-order valence-corrected chi connectivity index (χ2v) is 32.9. The van der Waals surface area contributed by atoms with E-state index in [0.29, 0.717) is 128 Å². The quantitative estimate of drug-likeness (QED) is 0.00989. The summed E-state index contributed by atoms with van der Waals surface area (Å²) in [4.78, 5) is 70.9. The Kier molecular flexibility index (Phi) is 47.9. The minimum atomic E-state index is -4.53. The van der Waals surface area contributed by atoms with Crippen molar-refractivity contribution in [2.75, 3.05) is 127 Å². The molecule has 1 amide bonds. The summed E-state index contributed by atoms with van der Waals surface area (Å²) in [6.07, 6.45) is -5.34.